The lowest BCUT2D eigenvalue weighted by molar-refractivity contribution is -0.115. The van der Waals surface area contributed by atoms with Crippen molar-refractivity contribution in [3.63, 3.8) is 0 Å². The van der Waals surface area contributed by atoms with Crippen LogP contribution in [0, 0.1) is 6.92 Å². The minimum atomic E-state index is -0.0175. The van der Waals surface area contributed by atoms with Gasteiger partial charge in [0.25, 0.3) is 0 Å². The Bertz CT molecular complexity index is 876. The Morgan fingerprint density at radius 1 is 1.23 bits per heavy atom. The van der Waals surface area contributed by atoms with Crippen molar-refractivity contribution in [1.29, 1.82) is 0 Å². The number of rotatable bonds is 7. The van der Waals surface area contributed by atoms with Crippen LogP contribution in [0.1, 0.15) is 12.0 Å². The Morgan fingerprint density at radius 2 is 2.04 bits per heavy atom. The van der Waals surface area contributed by atoms with E-state index in [1.54, 1.807) is 18.9 Å². The van der Waals surface area contributed by atoms with Crippen LogP contribution in [0.25, 0.3) is 11.3 Å². The summed E-state index contributed by atoms with van der Waals surface area (Å²) in [6.45, 7) is 2.07. The zero-order valence-electron chi connectivity index (χ0n) is 14.7. The van der Waals surface area contributed by atoms with Crippen LogP contribution in [0.5, 0.6) is 5.75 Å². The molecule has 0 atom stereocenters. The first kappa shape index (κ1) is 18.5. The average Bonchev–Trinajstić information content (AvgIpc) is 3.12. The van der Waals surface area contributed by atoms with E-state index >= 15 is 0 Å². The third-order valence-corrected chi connectivity index (χ3v) is 5.51. The molecule has 0 radical (unpaired) electrons. The fourth-order valence-corrected chi connectivity index (χ4v) is 3.91. The number of aryl methyl sites for hydroxylation is 1. The number of carbonyl (C=O) groups excluding carboxylic acids is 1. The molecule has 3 rings (SSSR count). The first-order chi connectivity index (χ1) is 12.6. The van der Waals surface area contributed by atoms with Crippen LogP contribution in [-0.4, -0.2) is 23.8 Å². The van der Waals surface area contributed by atoms with E-state index in [1.165, 1.54) is 21.8 Å². The van der Waals surface area contributed by atoms with E-state index in [0.29, 0.717) is 11.6 Å². The van der Waals surface area contributed by atoms with Gasteiger partial charge >= 0.3 is 0 Å². The Hall–Kier alpha value is -2.31. The summed E-state index contributed by atoms with van der Waals surface area (Å²) in [6, 6.07) is 16.0. The van der Waals surface area contributed by atoms with Crippen molar-refractivity contribution >= 4 is 34.1 Å². The number of anilines is 1. The quantitative estimate of drug-likeness (QED) is 0.565. The molecule has 1 aromatic heterocycles. The van der Waals surface area contributed by atoms with E-state index in [9.17, 15) is 4.79 Å². The zero-order chi connectivity index (χ0) is 18.4. The Labute approximate surface area is 161 Å². The summed E-state index contributed by atoms with van der Waals surface area (Å²) >= 11 is 3.11. The second kappa shape index (κ2) is 8.87. The molecule has 0 saturated heterocycles. The summed E-state index contributed by atoms with van der Waals surface area (Å²) in [5, 5.41) is 5.43. The van der Waals surface area contributed by atoms with Gasteiger partial charge in [-0.25, -0.2) is 4.98 Å². The molecule has 3 aromatic rings. The van der Waals surface area contributed by atoms with Crippen molar-refractivity contribution in [1.82, 2.24) is 4.98 Å². The summed E-state index contributed by atoms with van der Waals surface area (Å²) in [5.74, 6) is 1.51. The van der Waals surface area contributed by atoms with E-state index in [1.807, 2.05) is 29.6 Å². The molecule has 0 saturated carbocycles. The number of amides is 1. The zero-order valence-corrected chi connectivity index (χ0v) is 16.3. The van der Waals surface area contributed by atoms with Gasteiger partial charge in [-0.3, -0.25) is 4.79 Å². The lowest BCUT2D eigenvalue weighted by Crippen LogP contribution is -2.11. The number of thiazole rings is 1. The van der Waals surface area contributed by atoms with Crippen LogP contribution in [0.4, 0.5) is 5.13 Å². The maximum atomic E-state index is 12.1. The van der Waals surface area contributed by atoms with Crippen LogP contribution in [-0.2, 0) is 4.79 Å². The fourth-order valence-electron chi connectivity index (χ4n) is 2.32. The van der Waals surface area contributed by atoms with Gasteiger partial charge in [-0.05, 0) is 31.2 Å². The molecule has 1 amide bonds. The van der Waals surface area contributed by atoms with Crippen molar-refractivity contribution in [2.45, 2.75) is 18.2 Å². The minimum Gasteiger partial charge on any atom is -0.497 e. The van der Waals surface area contributed by atoms with E-state index in [2.05, 4.69) is 41.5 Å². The first-order valence-electron chi connectivity index (χ1n) is 8.23. The molecule has 6 heteroatoms. The second-order valence-electron chi connectivity index (χ2n) is 5.73. The standard InChI is InChI=1S/C20H20N2O2S2/c1-14-6-8-17(9-7-14)25-11-10-19(23)22-20-21-18(13-26-20)15-4-3-5-16(12-15)24-2/h3-9,12-13H,10-11H2,1-2H3,(H,21,22,23). The highest BCUT2D eigenvalue weighted by Gasteiger charge is 2.09. The Morgan fingerprint density at radius 3 is 2.81 bits per heavy atom. The molecule has 0 unspecified atom stereocenters. The van der Waals surface area contributed by atoms with Crippen molar-refractivity contribution in [3.8, 4) is 17.0 Å². The maximum absolute atomic E-state index is 12.1. The summed E-state index contributed by atoms with van der Waals surface area (Å²) in [7, 11) is 1.64. The molecule has 0 fully saturated rings. The maximum Gasteiger partial charge on any atom is 0.226 e. The predicted octanol–water partition coefficient (Wildman–Crippen LogP) is 5.25. The lowest BCUT2D eigenvalue weighted by atomic mass is 10.2. The lowest BCUT2D eigenvalue weighted by Gasteiger charge is -2.03. The van der Waals surface area contributed by atoms with Crippen molar-refractivity contribution in [2.24, 2.45) is 0 Å². The number of nitrogens with zero attached hydrogens (tertiary/aromatic N) is 1. The Kier molecular flexibility index (Phi) is 6.30. The second-order valence-corrected chi connectivity index (χ2v) is 7.76. The summed E-state index contributed by atoms with van der Waals surface area (Å²) in [4.78, 5) is 17.8. The number of thioether (sulfide) groups is 1. The summed E-state index contributed by atoms with van der Waals surface area (Å²) < 4.78 is 5.24. The highest BCUT2D eigenvalue weighted by molar-refractivity contribution is 7.99. The van der Waals surface area contributed by atoms with Gasteiger partial charge in [0.2, 0.25) is 5.91 Å². The van der Waals surface area contributed by atoms with Crippen molar-refractivity contribution in [3.05, 3.63) is 59.5 Å². The molecule has 26 heavy (non-hydrogen) atoms. The minimum absolute atomic E-state index is 0.0175. The molecular weight excluding hydrogens is 364 g/mol. The van der Waals surface area contributed by atoms with Crippen LogP contribution in [0.2, 0.25) is 0 Å². The van der Waals surface area contributed by atoms with E-state index in [-0.39, 0.29) is 5.91 Å². The SMILES string of the molecule is COc1cccc(-c2csc(NC(=O)CCSc3ccc(C)cc3)n2)c1. The molecular formula is C20H20N2O2S2. The number of nitrogens with one attached hydrogen (secondary N) is 1. The van der Waals surface area contributed by atoms with Crippen LogP contribution >= 0.6 is 23.1 Å². The molecule has 0 spiro atoms. The van der Waals surface area contributed by atoms with Gasteiger partial charge in [-0.15, -0.1) is 23.1 Å². The van der Waals surface area contributed by atoms with Crippen LogP contribution < -0.4 is 10.1 Å². The number of aromatic nitrogens is 1. The number of hydrogen-bond acceptors (Lipinski definition) is 5. The normalized spacial score (nSPS) is 10.5. The highest BCUT2D eigenvalue weighted by Crippen LogP contribution is 2.27. The topological polar surface area (TPSA) is 51.2 Å². The molecule has 4 nitrogen and oxygen atoms in total. The van der Waals surface area contributed by atoms with Gasteiger partial charge < -0.3 is 10.1 Å². The van der Waals surface area contributed by atoms with Gasteiger partial charge in [0.05, 0.1) is 12.8 Å². The largest absolute Gasteiger partial charge is 0.497 e. The number of benzene rings is 2. The van der Waals surface area contributed by atoms with Gasteiger partial charge in [0, 0.05) is 28.0 Å². The third-order valence-electron chi connectivity index (χ3n) is 3.73. The molecule has 0 aliphatic carbocycles. The molecule has 2 aromatic carbocycles. The molecule has 134 valence electrons. The fraction of sp³-hybridized carbons (Fsp3) is 0.200. The van der Waals surface area contributed by atoms with Gasteiger partial charge in [-0.2, -0.15) is 0 Å². The summed E-state index contributed by atoms with van der Waals surface area (Å²) in [6.07, 6.45) is 0.451. The summed E-state index contributed by atoms with van der Waals surface area (Å²) in [5.41, 5.74) is 3.04. The third kappa shape index (κ3) is 5.09. The smallest absolute Gasteiger partial charge is 0.226 e. The Balaban J connectivity index is 1.51. The van der Waals surface area contributed by atoms with Gasteiger partial charge in [0.15, 0.2) is 5.13 Å². The first-order valence-corrected chi connectivity index (χ1v) is 10.1. The molecule has 0 bridgehead atoms. The van der Waals surface area contributed by atoms with Crippen LogP contribution in [0.15, 0.2) is 58.8 Å². The number of methoxy groups -OCH3 is 1. The molecule has 0 aliphatic rings. The van der Waals surface area contributed by atoms with Crippen molar-refractivity contribution in [2.75, 3.05) is 18.2 Å². The molecule has 1 heterocycles. The van der Waals surface area contributed by atoms with Gasteiger partial charge in [0.1, 0.15) is 5.75 Å². The highest BCUT2D eigenvalue weighted by atomic mass is 32.2. The number of hydrogen-bond donors (Lipinski definition) is 1. The van der Waals surface area contributed by atoms with E-state index < -0.39 is 0 Å². The monoisotopic (exact) mass is 384 g/mol. The molecule has 1 N–H and O–H groups in total. The predicted molar refractivity (Wildman–Crippen MR) is 109 cm³/mol. The number of ether oxygens (including phenoxy) is 1. The van der Waals surface area contributed by atoms with Crippen LogP contribution in [0.3, 0.4) is 0 Å². The van der Waals surface area contributed by atoms with E-state index in [4.69, 9.17) is 4.74 Å². The molecule has 0 aliphatic heterocycles. The van der Waals surface area contributed by atoms with Crippen molar-refractivity contribution < 1.29 is 9.53 Å². The average molecular weight is 385 g/mol. The van der Waals surface area contributed by atoms with Gasteiger partial charge in [-0.1, -0.05) is 29.8 Å². The van der Waals surface area contributed by atoms with E-state index in [0.717, 1.165) is 22.8 Å². The number of carbonyl (C=O) groups is 1.